The Kier molecular flexibility index (Phi) is 8.34. The molecule has 2 aromatic rings. The number of benzene rings is 1. The molecule has 0 aliphatic heterocycles. The minimum absolute atomic E-state index is 0.283. The first-order chi connectivity index (χ1) is 15.6. The summed E-state index contributed by atoms with van der Waals surface area (Å²) in [5, 5.41) is 12.1. The fourth-order valence-corrected chi connectivity index (χ4v) is 3.25. The second kappa shape index (κ2) is 10.4. The summed E-state index contributed by atoms with van der Waals surface area (Å²) < 4.78 is 46.2. The van der Waals surface area contributed by atoms with Crippen LogP contribution in [0.5, 0.6) is 0 Å². The predicted molar refractivity (Wildman–Crippen MR) is 124 cm³/mol. The SMILES string of the molecule is CCCCC(C)(/C=C/c1ccc2ccc([C@H](NC(=O)OC(C)(C)C)C(F)(F)F)nc2c1)C(=O)O. The molecule has 0 saturated heterocycles. The molecule has 2 N–H and O–H groups in total. The summed E-state index contributed by atoms with van der Waals surface area (Å²) in [6.07, 6.45) is -0.687. The van der Waals surface area contributed by atoms with E-state index in [1.165, 1.54) is 12.1 Å². The van der Waals surface area contributed by atoms with Gasteiger partial charge in [-0.3, -0.25) is 9.78 Å². The van der Waals surface area contributed by atoms with E-state index in [4.69, 9.17) is 4.74 Å². The lowest BCUT2D eigenvalue weighted by Gasteiger charge is -2.25. The molecule has 0 aliphatic carbocycles. The number of aliphatic carboxylic acids is 1. The zero-order valence-electron chi connectivity index (χ0n) is 20.0. The smallest absolute Gasteiger partial charge is 0.414 e. The molecular weight excluding hydrogens is 449 g/mol. The number of amides is 1. The molecule has 6 nitrogen and oxygen atoms in total. The number of nitrogens with zero attached hydrogens (tertiary/aromatic N) is 1. The van der Waals surface area contributed by atoms with E-state index in [1.54, 1.807) is 58.0 Å². The minimum Gasteiger partial charge on any atom is -0.481 e. The first-order valence-corrected chi connectivity index (χ1v) is 11.0. The number of unbranched alkanes of at least 4 members (excludes halogenated alkanes) is 1. The fourth-order valence-electron chi connectivity index (χ4n) is 3.25. The topological polar surface area (TPSA) is 88.5 Å². The standard InChI is InChI=1S/C25H31F3N2O4/c1-6-7-13-24(5,21(31)32)14-12-16-8-9-17-10-11-18(29-19(17)15-16)20(25(26,27)28)30-22(33)34-23(2,3)4/h8-12,14-15,20H,6-7,13H2,1-5H3,(H,30,33)(H,31,32)/b14-12+/t20-,24?/m0/s1. The number of aromatic nitrogens is 1. The van der Waals surface area contributed by atoms with Crippen molar-refractivity contribution >= 4 is 29.0 Å². The number of fused-ring (bicyclic) bond motifs is 1. The van der Waals surface area contributed by atoms with Crippen molar-refractivity contribution in [3.63, 3.8) is 0 Å². The van der Waals surface area contributed by atoms with Gasteiger partial charge in [0.2, 0.25) is 0 Å². The highest BCUT2D eigenvalue weighted by Crippen LogP contribution is 2.33. The van der Waals surface area contributed by atoms with Crippen LogP contribution >= 0.6 is 0 Å². The average Bonchev–Trinajstić information content (AvgIpc) is 2.72. The van der Waals surface area contributed by atoms with Gasteiger partial charge in [0.25, 0.3) is 0 Å². The summed E-state index contributed by atoms with van der Waals surface area (Å²) in [6.45, 7) is 8.27. The lowest BCUT2D eigenvalue weighted by Crippen LogP contribution is -2.41. The number of alkyl halides is 3. The number of nitrogens with one attached hydrogen (secondary N) is 1. The first kappa shape index (κ1) is 27.1. The number of halogens is 3. The van der Waals surface area contributed by atoms with Crippen molar-refractivity contribution in [3.8, 4) is 0 Å². The number of rotatable bonds is 8. The molecule has 0 radical (unpaired) electrons. The summed E-state index contributed by atoms with van der Waals surface area (Å²) in [4.78, 5) is 27.9. The number of ether oxygens (including phenoxy) is 1. The van der Waals surface area contributed by atoms with Gasteiger partial charge < -0.3 is 15.2 Å². The Hall–Kier alpha value is -3.10. The maximum Gasteiger partial charge on any atom is 0.414 e. The highest BCUT2D eigenvalue weighted by Gasteiger charge is 2.43. The van der Waals surface area contributed by atoms with Crippen LogP contribution < -0.4 is 5.32 Å². The van der Waals surface area contributed by atoms with Gasteiger partial charge in [0.15, 0.2) is 6.04 Å². The van der Waals surface area contributed by atoms with Crippen LogP contribution in [-0.4, -0.2) is 33.9 Å². The number of carboxylic acid groups (broad SMARTS) is 1. The van der Waals surface area contributed by atoms with E-state index in [-0.39, 0.29) is 11.2 Å². The maximum atomic E-state index is 13.7. The van der Waals surface area contributed by atoms with Gasteiger partial charge in [-0.25, -0.2) is 4.79 Å². The molecule has 186 valence electrons. The Morgan fingerprint density at radius 1 is 1.15 bits per heavy atom. The van der Waals surface area contributed by atoms with Crippen LogP contribution in [0.4, 0.5) is 18.0 Å². The second-order valence-electron chi connectivity index (χ2n) is 9.47. The Labute approximate surface area is 197 Å². The van der Waals surface area contributed by atoms with Gasteiger partial charge in [-0.2, -0.15) is 13.2 Å². The number of pyridine rings is 1. The van der Waals surface area contributed by atoms with Gasteiger partial charge in [0.05, 0.1) is 16.6 Å². The fraction of sp³-hybridized carbons (Fsp3) is 0.480. The molecule has 1 heterocycles. The summed E-state index contributed by atoms with van der Waals surface area (Å²) in [7, 11) is 0. The van der Waals surface area contributed by atoms with E-state index < -0.39 is 35.3 Å². The minimum atomic E-state index is -4.79. The van der Waals surface area contributed by atoms with E-state index in [2.05, 4.69) is 4.98 Å². The highest BCUT2D eigenvalue weighted by molar-refractivity contribution is 5.82. The van der Waals surface area contributed by atoms with Crippen molar-refractivity contribution in [1.82, 2.24) is 10.3 Å². The van der Waals surface area contributed by atoms with Crippen molar-refractivity contribution in [2.24, 2.45) is 5.41 Å². The van der Waals surface area contributed by atoms with E-state index in [0.29, 0.717) is 17.4 Å². The zero-order chi connectivity index (χ0) is 25.7. The first-order valence-electron chi connectivity index (χ1n) is 11.0. The van der Waals surface area contributed by atoms with Crippen LogP contribution in [0, 0.1) is 5.41 Å². The Morgan fingerprint density at radius 2 is 1.79 bits per heavy atom. The molecule has 9 heteroatoms. The number of carbonyl (C=O) groups is 2. The third-order valence-electron chi connectivity index (χ3n) is 5.20. The Morgan fingerprint density at radius 3 is 2.35 bits per heavy atom. The molecule has 1 aromatic carbocycles. The molecule has 1 unspecified atom stereocenters. The molecule has 2 atom stereocenters. The lowest BCUT2D eigenvalue weighted by atomic mass is 9.84. The van der Waals surface area contributed by atoms with Crippen LogP contribution in [0.15, 0.2) is 36.4 Å². The van der Waals surface area contributed by atoms with Crippen LogP contribution in [0.25, 0.3) is 17.0 Å². The average molecular weight is 481 g/mol. The molecule has 1 aromatic heterocycles. The quantitative estimate of drug-likeness (QED) is 0.441. The molecule has 0 spiro atoms. The van der Waals surface area contributed by atoms with Crippen LogP contribution in [-0.2, 0) is 9.53 Å². The van der Waals surface area contributed by atoms with Crippen molar-refractivity contribution in [3.05, 3.63) is 47.7 Å². The van der Waals surface area contributed by atoms with Gasteiger partial charge in [0, 0.05) is 5.39 Å². The number of hydrogen-bond acceptors (Lipinski definition) is 4. The van der Waals surface area contributed by atoms with Gasteiger partial charge >= 0.3 is 18.2 Å². The van der Waals surface area contributed by atoms with Gasteiger partial charge in [-0.15, -0.1) is 0 Å². The summed E-state index contributed by atoms with van der Waals surface area (Å²) >= 11 is 0. The molecule has 1 amide bonds. The Bertz CT molecular complexity index is 1060. The third-order valence-corrected chi connectivity index (χ3v) is 5.20. The number of alkyl carbamates (subject to hydrolysis) is 1. The zero-order valence-corrected chi connectivity index (χ0v) is 20.0. The largest absolute Gasteiger partial charge is 0.481 e. The van der Waals surface area contributed by atoms with Gasteiger partial charge in [-0.1, -0.05) is 50.1 Å². The van der Waals surface area contributed by atoms with Crippen molar-refractivity contribution < 1.29 is 32.6 Å². The van der Waals surface area contributed by atoms with Crippen molar-refractivity contribution in [2.45, 2.75) is 71.7 Å². The predicted octanol–water partition coefficient (Wildman–Crippen LogP) is 6.66. The Balaban J connectivity index is 2.39. The van der Waals surface area contributed by atoms with E-state index >= 15 is 0 Å². The van der Waals surface area contributed by atoms with Crippen LogP contribution in [0.2, 0.25) is 0 Å². The number of carboxylic acids is 1. The molecular formula is C25H31F3N2O4. The van der Waals surface area contributed by atoms with E-state index in [0.717, 1.165) is 12.8 Å². The number of hydrogen-bond donors (Lipinski definition) is 2. The van der Waals surface area contributed by atoms with E-state index in [1.807, 2.05) is 12.2 Å². The lowest BCUT2D eigenvalue weighted by molar-refractivity contribution is -0.157. The maximum absolute atomic E-state index is 13.7. The number of carbonyl (C=O) groups excluding carboxylic acids is 1. The second-order valence-corrected chi connectivity index (χ2v) is 9.47. The van der Waals surface area contributed by atoms with Crippen molar-refractivity contribution in [1.29, 1.82) is 0 Å². The monoisotopic (exact) mass is 480 g/mol. The van der Waals surface area contributed by atoms with Gasteiger partial charge in [-0.05, 0) is 51.8 Å². The molecule has 34 heavy (non-hydrogen) atoms. The van der Waals surface area contributed by atoms with E-state index in [9.17, 15) is 27.9 Å². The molecule has 0 aliphatic rings. The summed E-state index contributed by atoms with van der Waals surface area (Å²) in [5.41, 5.74) is -1.51. The van der Waals surface area contributed by atoms with Crippen molar-refractivity contribution in [2.75, 3.05) is 0 Å². The summed E-state index contributed by atoms with van der Waals surface area (Å²) in [5.74, 6) is -0.945. The van der Waals surface area contributed by atoms with Gasteiger partial charge in [0.1, 0.15) is 5.60 Å². The normalized spacial score (nSPS) is 15.2. The molecule has 0 saturated carbocycles. The summed E-state index contributed by atoms with van der Waals surface area (Å²) in [6, 6.07) is 5.36. The molecule has 0 bridgehead atoms. The highest BCUT2D eigenvalue weighted by atomic mass is 19.4. The van der Waals surface area contributed by atoms with Crippen LogP contribution in [0.3, 0.4) is 0 Å². The molecule has 2 rings (SSSR count). The molecule has 0 fully saturated rings. The van der Waals surface area contributed by atoms with Crippen LogP contribution in [0.1, 0.15) is 71.2 Å². The third kappa shape index (κ3) is 7.46.